The number of ketones is 1. The zero-order valence-electron chi connectivity index (χ0n) is 20.4. The number of amides is 1. The van der Waals surface area contributed by atoms with Gasteiger partial charge in [-0.15, -0.1) is 0 Å². The summed E-state index contributed by atoms with van der Waals surface area (Å²) in [5.41, 5.74) is 1.29. The van der Waals surface area contributed by atoms with Gasteiger partial charge in [0.1, 0.15) is 18.2 Å². The number of carbonyl (C=O) groups is 3. The van der Waals surface area contributed by atoms with E-state index in [-0.39, 0.29) is 11.7 Å². The summed E-state index contributed by atoms with van der Waals surface area (Å²) in [4.78, 5) is 48.8. The van der Waals surface area contributed by atoms with Crippen molar-refractivity contribution in [2.24, 2.45) is 5.41 Å². The molecule has 182 valence electrons. The topological polar surface area (TPSA) is 101 Å². The minimum atomic E-state index is -0.942. The first-order valence-electron chi connectivity index (χ1n) is 11.8. The lowest BCUT2D eigenvalue weighted by molar-refractivity contribution is -0.147. The molecular weight excluding hydrogens is 444 g/mol. The molecule has 8 nitrogen and oxygen atoms in total. The lowest BCUT2D eigenvalue weighted by Crippen LogP contribution is -2.40. The van der Waals surface area contributed by atoms with Gasteiger partial charge in [-0.3, -0.25) is 9.59 Å². The van der Waals surface area contributed by atoms with E-state index in [1.165, 1.54) is 6.33 Å². The van der Waals surface area contributed by atoms with Crippen LogP contribution in [-0.4, -0.2) is 46.3 Å². The van der Waals surface area contributed by atoms with Gasteiger partial charge in [0.2, 0.25) is 11.7 Å². The quantitative estimate of drug-likeness (QED) is 0.417. The Morgan fingerprint density at radius 2 is 1.77 bits per heavy atom. The second-order valence-electron chi connectivity index (χ2n) is 9.79. The summed E-state index contributed by atoms with van der Waals surface area (Å²) in [6, 6.07) is 13.7. The SMILES string of the molecule is C[C@@H](OC(=O)[C@H]1CCCN1c1ncnc2ccccc12)C(=O)c1ccc(NC(=O)C(C)(C)C)cc1. The Bertz CT molecular complexity index is 1240. The van der Waals surface area contributed by atoms with E-state index in [9.17, 15) is 14.4 Å². The van der Waals surface area contributed by atoms with Crippen LogP contribution >= 0.6 is 0 Å². The molecule has 0 bridgehead atoms. The number of aromatic nitrogens is 2. The van der Waals surface area contributed by atoms with Gasteiger partial charge in [0.25, 0.3) is 0 Å². The number of benzene rings is 2. The van der Waals surface area contributed by atoms with Crippen LogP contribution in [0.5, 0.6) is 0 Å². The van der Waals surface area contributed by atoms with Gasteiger partial charge in [0.05, 0.1) is 5.52 Å². The predicted octanol–water partition coefficient (Wildman–Crippen LogP) is 4.40. The number of para-hydroxylation sites is 1. The monoisotopic (exact) mass is 474 g/mol. The maximum Gasteiger partial charge on any atom is 0.329 e. The number of esters is 1. The highest BCUT2D eigenvalue weighted by Crippen LogP contribution is 2.30. The van der Waals surface area contributed by atoms with E-state index in [1.807, 2.05) is 49.9 Å². The van der Waals surface area contributed by atoms with Crippen molar-refractivity contribution >= 4 is 40.1 Å². The number of nitrogens with one attached hydrogen (secondary N) is 1. The first-order chi connectivity index (χ1) is 16.6. The number of carbonyl (C=O) groups excluding carboxylic acids is 3. The lowest BCUT2D eigenvalue weighted by Gasteiger charge is -2.26. The van der Waals surface area contributed by atoms with Gasteiger partial charge in [-0.05, 0) is 56.2 Å². The first-order valence-corrected chi connectivity index (χ1v) is 11.8. The average Bonchev–Trinajstić information content (AvgIpc) is 3.33. The highest BCUT2D eigenvalue weighted by Gasteiger charge is 2.35. The van der Waals surface area contributed by atoms with Crippen molar-refractivity contribution in [1.82, 2.24) is 9.97 Å². The van der Waals surface area contributed by atoms with Crippen LogP contribution in [0.1, 0.15) is 50.9 Å². The molecule has 1 aromatic heterocycles. The fraction of sp³-hybridized carbons (Fsp3) is 0.370. The number of anilines is 2. The highest BCUT2D eigenvalue weighted by molar-refractivity contribution is 6.01. The molecule has 1 amide bonds. The molecule has 35 heavy (non-hydrogen) atoms. The molecule has 1 aliphatic heterocycles. The highest BCUT2D eigenvalue weighted by atomic mass is 16.5. The van der Waals surface area contributed by atoms with Crippen molar-refractivity contribution in [1.29, 1.82) is 0 Å². The van der Waals surface area contributed by atoms with Gasteiger partial charge in [-0.25, -0.2) is 14.8 Å². The molecular formula is C27H30N4O4. The summed E-state index contributed by atoms with van der Waals surface area (Å²) in [5.74, 6) is -0.164. The first kappa shape index (κ1) is 24.3. The van der Waals surface area contributed by atoms with E-state index in [0.717, 1.165) is 17.3 Å². The fourth-order valence-corrected chi connectivity index (χ4v) is 4.06. The molecule has 1 fully saturated rings. The number of fused-ring (bicyclic) bond motifs is 1. The summed E-state index contributed by atoms with van der Waals surface area (Å²) < 4.78 is 5.61. The van der Waals surface area contributed by atoms with Crippen LogP contribution in [-0.2, 0) is 14.3 Å². The minimum Gasteiger partial charge on any atom is -0.453 e. The van der Waals surface area contributed by atoms with Crippen molar-refractivity contribution < 1.29 is 19.1 Å². The number of nitrogens with zero attached hydrogens (tertiary/aromatic N) is 3. The van der Waals surface area contributed by atoms with Crippen molar-refractivity contribution in [3.8, 4) is 0 Å². The molecule has 1 aliphatic rings. The van der Waals surface area contributed by atoms with Crippen LogP contribution in [0.4, 0.5) is 11.5 Å². The van der Waals surface area contributed by atoms with Gasteiger partial charge >= 0.3 is 5.97 Å². The van der Waals surface area contributed by atoms with Gasteiger partial charge in [0, 0.05) is 28.6 Å². The molecule has 0 saturated carbocycles. The van der Waals surface area contributed by atoms with Gasteiger partial charge in [0.15, 0.2) is 6.10 Å². The number of Topliss-reactive ketones (excluding diaryl/α,β-unsaturated/α-hetero) is 1. The van der Waals surface area contributed by atoms with E-state index in [0.29, 0.717) is 30.0 Å². The minimum absolute atomic E-state index is 0.114. The van der Waals surface area contributed by atoms with Crippen LogP contribution in [0.15, 0.2) is 54.9 Å². The van der Waals surface area contributed by atoms with Crippen LogP contribution < -0.4 is 10.2 Å². The van der Waals surface area contributed by atoms with Crippen LogP contribution in [0, 0.1) is 5.41 Å². The van der Waals surface area contributed by atoms with Crippen LogP contribution in [0.3, 0.4) is 0 Å². The standard InChI is InChI=1S/C27H30N4O4/c1-17(23(32)18-11-13-19(14-12-18)30-26(34)27(2,3)4)35-25(33)22-10-7-15-31(22)24-20-8-5-6-9-21(20)28-16-29-24/h5-6,8-9,11-14,16-17,22H,7,10,15H2,1-4H3,(H,30,34)/t17-,22-/m1/s1. The Hall–Kier alpha value is -3.81. The van der Waals surface area contributed by atoms with Crippen LogP contribution in [0.2, 0.25) is 0 Å². The number of hydrogen-bond acceptors (Lipinski definition) is 7. The molecule has 1 saturated heterocycles. The summed E-state index contributed by atoms with van der Waals surface area (Å²) >= 11 is 0. The molecule has 0 unspecified atom stereocenters. The molecule has 2 aromatic carbocycles. The fourth-order valence-electron chi connectivity index (χ4n) is 4.06. The van der Waals surface area contributed by atoms with Crippen molar-refractivity contribution in [2.75, 3.05) is 16.8 Å². The largest absolute Gasteiger partial charge is 0.453 e. The van der Waals surface area contributed by atoms with Gasteiger partial charge in [-0.1, -0.05) is 32.9 Å². The van der Waals surface area contributed by atoms with Gasteiger partial charge < -0.3 is 15.0 Å². The van der Waals surface area contributed by atoms with E-state index >= 15 is 0 Å². The normalized spacial score (nSPS) is 16.7. The van der Waals surface area contributed by atoms with Gasteiger partial charge in [-0.2, -0.15) is 0 Å². The Labute approximate surface area is 204 Å². The average molecular weight is 475 g/mol. The zero-order chi connectivity index (χ0) is 25.2. The Morgan fingerprint density at radius 3 is 2.49 bits per heavy atom. The third-order valence-corrected chi connectivity index (χ3v) is 6.09. The molecule has 0 radical (unpaired) electrons. The molecule has 1 N–H and O–H groups in total. The molecule has 2 atom stereocenters. The molecule has 4 rings (SSSR count). The predicted molar refractivity (Wildman–Crippen MR) is 134 cm³/mol. The maximum atomic E-state index is 13.1. The number of rotatable bonds is 6. The Morgan fingerprint density at radius 1 is 1.06 bits per heavy atom. The molecule has 0 aliphatic carbocycles. The number of hydrogen-bond donors (Lipinski definition) is 1. The second kappa shape index (κ2) is 9.82. The molecule has 2 heterocycles. The Balaban J connectivity index is 1.43. The molecule has 8 heteroatoms. The third kappa shape index (κ3) is 5.31. The third-order valence-electron chi connectivity index (χ3n) is 6.09. The summed E-state index contributed by atoms with van der Waals surface area (Å²) in [7, 11) is 0. The van der Waals surface area contributed by atoms with E-state index in [2.05, 4.69) is 15.3 Å². The zero-order valence-corrected chi connectivity index (χ0v) is 20.4. The van der Waals surface area contributed by atoms with Crippen LogP contribution in [0.25, 0.3) is 10.9 Å². The van der Waals surface area contributed by atoms with E-state index < -0.39 is 23.5 Å². The van der Waals surface area contributed by atoms with Crippen molar-refractivity contribution in [3.05, 3.63) is 60.4 Å². The second-order valence-corrected chi connectivity index (χ2v) is 9.79. The summed E-state index contributed by atoms with van der Waals surface area (Å²) in [6.45, 7) is 7.73. The van der Waals surface area contributed by atoms with E-state index in [1.54, 1.807) is 31.2 Å². The van der Waals surface area contributed by atoms with Crippen molar-refractivity contribution in [2.45, 2.75) is 52.7 Å². The summed E-state index contributed by atoms with van der Waals surface area (Å²) in [6.07, 6.45) is 2.00. The number of ether oxygens (including phenoxy) is 1. The summed E-state index contributed by atoms with van der Waals surface area (Å²) in [5, 5.41) is 3.70. The van der Waals surface area contributed by atoms with E-state index in [4.69, 9.17) is 4.74 Å². The maximum absolute atomic E-state index is 13.1. The van der Waals surface area contributed by atoms with Crippen molar-refractivity contribution in [3.63, 3.8) is 0 Å². The lowest BCUT2D eigenvalue weighted by atomic mass is 9.95. The molecule has 3 aromatic rings. The smallest absolute Gasteiger partial charge is 0.329 e. The Kier molecular flexibility index (Phi) is 6.82. The molecule has 0 spiro atoms.